The van der Waals surface area contributed by atoms with Crippen molar-refractivity contribution in [1.29, 1.82) is 0 Å². The van der Waals surface area contributed by atoms with Crippen LogP contribution in [0.25, 0.3) is 0 Å². The minimum Gasteiger partial charge on any atom is -0.461 e. The van der Waals surface area contributed by atoms with E-state index >= 15 is 0 Å². The maximum absolute atomic E-state index is 13.7. The maximum atomic E-state index is 13.7. The van der Waals surface area contributed by atoms with E-state index in [2.05, 4.69) is 10.4 Å². The molecule has 1 atom stereocenters. The average Bonchev–Trinajstić information content (AvgIpc) is 3.21. The zero-order chi connectivity index (χ0) is 23.8. The lowest BCUT2D eigenvalue weighted by molar-refractivity contribution is -0.127. The highest BCUT2D eigenvalue weighted by Crippen LogP contribution is 2.35. The van der Waals surface area contributed by atoms with Gasteiger partial charge < -0.3 is 10.1 Å². The van der Waals surface area contributed by atoms with Gasteiger partial charge in [0.05, 0.1) is 13.2 Å². The Labute approximate surface area is 198 Å². The Kier molecular flexibility index (Phi) is 6.47. The zero-order valence-electron chi connectivity index (χ0n) is 19.2. The van der Waals surface area contributed by atoms with Gasteiger partial charge in [-0.1, -0.05) is 36.9 Å². The topological polar surface area (TPSA) is 93.5 Å². The van der Waals surface area contributed by atoms with Gasteiger partial charge in [0.2, 0.25) is 5.91 Å². The number of nitrogens with one attached hydrogen (secondary N) is 1. The number of aryl methyl sites for hydroxylation is 1. The number of esters is 1. The first-order valence-corrected chi connectivity index (χ1v) is 11.8. The van der Waals surface area contributed by atoms with E-state index in [-0.39, 0.29) is 36.5 Å². The van der Waals surface area contributed by atoms with Gasteiger partial charge in [0, 0.05) is 22.8 Å². The number of fused-ring (bicyclic) bond motifs is 1. The number of rotatable bonds is 5. The van der Waals surface area contributed by atoms with Crippen LogP contribution in [-0.4, -0.2) is 45.8 Å². The van der Waals surface area contributed by atoms with Gasteiger partial charge in [0.1, 0.15) is 11.2 Å². The van der Waals surface area contributed by atoms with Gasteiger partial charge in [-0.3, -0.25) is 19.2 Å². The van der Waals surface area contributed by atoms with Crippen LogP contribution in [0.5, 0.6) is 0 Å². The van der Waals surface area contributed by atoms with Crippen molar-refractivity contribution in [1.82, 2.24) is 15.1 Å². The molecule has 2 amide bonds. The van der Waals surface area contributed by atoms with E-state index in [9.17, 15) is 14.4 Å². The molecule has 2 aliphatic rings. The molecular formula is C24H29ClN4O4. The Morgan fingerprint density at radius 1 is 1.24 bits per heavy atom. The molecule has 0 bridgehead atoms. The lowest BCUT2D eigenvalue weighted by Gasteiger charge is -2.44. The predicted octanol–water partition coefficient (Wildman–Crippen LogP) is 3.89. The summed E-state index contributed by atoms with van der Waals surface area (Å²) in [6, 6.07) is 6.79. The molecule has 4 rings (SSSR count). The van der Waals surface area contributed by atoms with Gasteiger partial charge in [-0.2, -0.15) is 5.10 Å². The lowest BCUT2D eigenvalue weighted by atomic mass is 9.91. The summed E-state index contributed by atoms with van der Waals surface area (Å²) in [6.45, 7) is 5.60. The number of amides is 2. The van der Waals surface area contributed by atoms with E-state index in [0.29, 0.717) is 10.7 Å². The number of hydrogen-bond acceptors (Lipinski definition) is 5. The normalized spacial score (nSPS) is 21.0. The molecule has 0 saturated heterocycles. The quantitative estimate of drug-likeness (QED) is 0.666. The summed E-state index contributed by atoms with van der Waals surface area (Å²) < 4.78 is 6.48. The summed E-state index contributed by atoms with van der Waals surface area (Å²) in [4.78, 5) is 41.1. The molecule has 1 fully saturated rings. The van der Waals surface area contributed by atoms with Gasteiger partial charge in [-0.05, 0) is 51.3 Å². The Morgan fingerprint density at radius 2 is 1.97 bits per heavy atom. The van der Waals surface area contributed by atoms with Crippen molar-refractivity contribution in [3.63, 3.8) is 0 Å². The van der Waals surface area contributed by atoms with Gasteiger partial charge in [0.25, 0.3) is 5.91 Å². The van der Waals surface area contributed by atoms with Crippen LogP contribution < -0.4 is 10.2 Å². The highest BCUT2D eigenvalue weighted by Gasteiger charge is 2.49. The molecule has 1 N–H and O–H groups in total. The molecule has 1 aliphatic heterocycles. The number of hydrogen-bond donors (Lipinski definition) is 1. The number of aromatic nitrogens is 2. The Morgan fingerprint density at radius 3 is 2.64 bits per heavy atom. The third-order valence-corrected chi connectivity index (χ3v) is 6.89. The van der Waals surface area contributed by atoms with Crippen molar-refractivity contribution in [3.05, 3.63) is 46.2 Å². The second kappa shape index (κ2) is 9.17. The molecule has 0 spiro atoms. The van der Waals surface area contributed by atoms with E-state index in [4.69, 9.17) is 16.3 Å². The fraction of sp³-hybridized carbons (Fsp3) is 0.500. The van der Waals surface area contributed by atoms with Crippen LogP contribution in [-0.2, 0) is 16.1 Å². The number of nitrogens with zero attached hydrogens (tertiary/aromatic N) is 3. The standard InChI is InChI=1S/C24H29ClN4O4/c1-4-33-22(31)19-13-20-21(30)29(17-11-10-15(2)18(25)12-17)24(3,14-28(20)27-19)23(32)26-16-8-6-5-7-9-16/h10-13,16H,4-9,14H2,1-3H3,(H,26,32)/t24-/m1/s1. The number of anilines is 1. The zero-order valence-corrected chi connectivity index (χ0v) is 19.9. The molecule has 0 unspecified atom stereocenters. The molecule has 176 valence electrons. The average molecular weight is 473 g/mol. The van der Waals surface area contributed by atoms with E-state index in [1.165, 1.54) is 22.1 Å². The van der Waals surface area contributed by atoms with E-state index in [1.807, 2.05) is 13.0 Å². The number of carbonyl (C=O) groups excluding carboxylic acids is 3. The summed E-state index contributed by atoms with van der Waals surface area (Å²) in [7, 11) is 0. The van der Waals surface area contributed by atoms with Crippen molar-refractivity contribution >= 4 is 35.1 Å². The molecule has 2 heterocycles. The Balaban J connectivity index is 1.76. The SMILES string of the molecule is CCOC(=O)c1cc2n(n1)C[C@](C)(C(=O)NC1CCCCC1)N(c1ccc(C)c(Cl)c1)C2=O. The van der Waals surface area contributed by atoms with Crippen LogP contribution in [0, 0.1) is 6.92 Å². The van der Waals surface area contributed by atoms with E-state index in [0.717, 1.165) is 31.2 Å². The van der Waals surface area contributed by atoms with Crippen LogP contribution >= 0.6 is 11.6 Å². The molecule has 8 nitrogen and oxygen atoms in total. The summed E-state index contributed by atoms with van der Waals surface area (Å²) in [5.41, 5.74) is 0.379. The van der Waals surface area contributed by atoms with Crippen molar-refractivity contribution < 1.29 is 19.1 Å². The molecule has 1 aromatic carbocycles. The predicted molar refractivity (Wildman–Crippen MR) is 125 cm³/mol. The number of ether oxygens (including phenoxy) is 1. The van der Waals surface area contributed by atoms with Crippen LogP contribution in [0.3, 0.4) is 0 Å². The molecule has 0 radical (unpaired) electrons. The van der Waals surface area contributed by atoms with Crippen molar-refractivity contribution in [2.45, 2.75) is 71.0 Å². The smallest absolute Gasteiger partial charge is 0.358 e. The highest BCUT2D eigenvalue weighted by molar-refractivity contribution is 6.31. The van der Waals surface area contributed by atoms with Crippen LogP contribution in [0.4, 0.5) is 5.69 Å². The molecule has 2 aromatic rings. The molecule has 9 heteroatoms. The highest BCUT2D eigenvalue weighted by atomic mass is 35.5. The van der Waals surface area contributed by atoms with Crippen molar-refractivity contribution in [3.8, 4) is 0 Å². The van der Waals surface area contributed by atoms with Crippen LogP contribution in [0.15, 0.2) is 24.3 Å². The number of carbonyl (C=O) groups is 3. The van der Waals surface area contributed by atoms with E-state index in [1.54, 1.807) is 26.0 Å². The third-order valence-electron chi connectivity index (χ3n) is 6.48. The molecule has 1 aliphatic carbocycles. The molecule has 1 aromatic heterocycles. The van der Waals surface area contributed by atoms with Gasteiger partial charge in [0.15, 0.2) is 5.69 Å². The monoisotopic (exact) mass is 472 g/mol. The first-order valence-electron chi connectivity index (χ1n) is 11.4. The maximum Gasteiger partial charge on any atom is 0.358 e. The number of halogens is 1. The van der Waals surface area contributed by atoms with Crippen LogP contribution in [0.2, 0.25) is 5.02 Å². The summed E-state index contributed by atoms with van der Waals surface area (Å²) in [5, 5.41) is 7.95. The minimum atomic E-state index is -1.27. The van der Waals surface area contributed by atoms with Crippen LogP contribution in [0.1, 0.15) is 72.5 Å². The molecule has 1 saturated carbocycles. The lowest BCUT2D eigenvalue weighted by Crippen LogP contribution is -2.65. The van der Waals surface area contributed by atoms with Crippen molar-refractivity contribution in [2.24, 2.45) is 0 Å². The Hall–Kier alpha value is -2.87. The summed E-state index contributed by atoms with van der Waals surface area (Å²) in [5.74, 6) is -1.28. The summed E-state index contributed by atoms with van der Waals surface area (Å²) in [6.07, 6.45) is 5.16. The first-order chi connectivity index (χ1) is 15.7. The van der Waals surface area contributed by atoms with Gasteiger partial charge >= 0.3 is 5.97 Å². The minimum absolute atomic E-state index is 0.0408. The molecule has 33 heavy (non-hydrogen) atoms. The second-order valence-electron chi connectivity index (χ2n) is 8.95. The van der Waals surface area contributed by atoms with Gasteiger partial charge in [-0.15, -0.1) is 0 Å². The largest absolute Gasteiger partial charge is 0.461 e. The fourth-order valence-corrected chi connectivity index (χ4v) is 4.77. The Bertz CT molecular complexity index is 1090. The van der Waals surface area contributed by atoms with E-state index < -0.39 is 17.4 Å². The first kappa shape index (κ1) is 23.3. The molecular weight excluding hydrogens is 444 g/mol. The fourth-order valence-electron chi connectivity index (χ4n) is 4.60. The number of benzene rings is 1. The summed E-state index contributed by atoms with van der Waals surface area (Å²) >= 11 is 6.37. The second-order valence-corrected chi connectivity index (χ2v) is 9.36. The third kappa shape index (κ3) is 4.36. The van der Waals surface area contributed by atoms with Gasteiger partial charge in [-0.25, -0.2) is 4.79 Å². The van der Waals surface area contributed by atoms with Crippen molar-refractivity contribution in [2.75, 3.05) is 11.5 Å².